The number of rotatable bonds is 7. The van der Waals surface area contributed by atoms with Crippen LogP contribution in [0.15, 0.2) is 48.5 Å². The largest absolute Gasteiger partial charge is 0.484 e. The molecule has 0 atom stereocenters. The minimum atomic E-state index is -3.44. The standard InChI is InChI=1S/C23H29N3O5S/c1-17-8-9-21(14-18(17)2)31-15-22(27)24-25-23(28)20-10-12-26(13-11-20)32(29,30)16-19-6-4-3-5-7-19/h3-9,14,20H,10-13,15-16H2,1-2H3,(H,24,27)(H,25,28). The molecule has 1 aliphatic rings. The SMILES string of the molecule is Cc1ccc(OCC(=O)NNC(=O)C2CCN(S(=O)(=O)Cc3ccccc3)CC2)cc1C. The van der Waals surface area contributed by atoms with E-state index in [1.165, 1.54) is 4.31 Å². The van der Waals surface area contributed by atoms with Crippen molar-refractivity contribution in [3.05, 3.63) is 65.2 Å². The van der Waals surface area contributed by atoms with Crippen molar-refractivity contribution in [3.8, 4) is 5.75 Å². The molecule has 0 aromatic heterocycles. The molecule has 0 spiro atoms. The van der Waals surface area contributed by atoms with Crippen LogP contribution in [0, 0.1) is 19.8 Å². The second-order valence-corrected chi connectivity index (χ2v) is 9.96. The van der Waals surface area contributed by atoms with E-state index in [9.17, 15) is 18.0 Å². The van der Waals surface area contributed by atoms with Gasteiger partial charge in [-0.05, 0) is 55.5 Å². The van der Waals surface area contributed by atoms with E-state index in [0.717, 1.165) is 16.7 Å². The molecule has 2 amide bonds. The highest BCUT2D eigenvalue weighted by molar-refractivity contribution is 7.88. The fourth-order valence-corrected chi connectivity index (χ4v) is 5.06. The van der Waals surface area contributed by atoms with E-state index >= 15 is 0 Å². The Balaban J connectivity index is 1.40. The molecule has 2 aromatic carbocycles. The number of carbonyl (C=O) groups excluding carboxylic acids is 2. The summed E-state index contributed by atoms with van der Waals surface area (Å²) in [5.74, 6) is -0.636. The molecule has 0 bridgehead atoms. The van der Waals surface area contributed by atoms with Crippen molar-refractivity contribution < 1.29 is 22.7 Å². The highest BCUT2D eigenvalue weighted by Crippen LogP contribution is 2.22. The molecule has 2 aromatic rings. The van der Waals surface area contributed by atoms with E-state index in [1.54, 1.807) is 18.2 Å². The first kappa shape index (κ1) is 23.7. The van der Waals surface area contributed by atoms with E-state index in [-0.39, 0.29) is 37.3 Å². The average Bonchev–Trinajstić information content (AvgIpc) is 2.78. The number of amides is 2. The van der Waals surface area contributed by atoms with Crippen molar-refractivity contribution in [2.75, 3.05) is 19.7 Å². The van der Waals surface area contributed by atoms with Crippen LogP contribution in [0.3, 0.4) is 0 Å². The van der Waals surface area contributed by atoms with Crippen LogP contribution < -0.4 is 15.6 Å². The Labute approximate surface area is 189 Å². The maximum atomic E-state index is 12.6. The van der Waals surface area contributed by atoms with Crippen LogP contribution in [-0.4, -0.2) is 44.2 Å². The van der Waals surface area contributed by atoms with Gasteiger partial charge in [0.05, 0.1) is 5.75 Å². The van der Waals surface area contributed by atoms with Crippen LogP contribution in [0.5, 0.6) is 5.75 Å². The molecule has 0 aliphatic carbocycles. The molecule has 3 rings (SSSR count). The van der Waals surface area contributed by atoms with Gasteiger partial charge in [-0.25, -0.2) is 12.7 Å². The summed E-state index contributed by atoms with van der Waals surface area (Å²) in [6, 6.07) is 14.6. The molecule has 172 valence electrons. The third-order valence-electron chi connectivity index (χ3n) is 5.58. The van der Waals surface area contributed by atoms with Gasteiger partial charge in [-0.15, -0.1) is 0 Å². The van der Waals surface area contributed by atoms with Gasteiger partial charge in [0.1, 0.15) is 5.75 Å². The predicted molar refractivity (Wildman–Crippen MR) is 121 cm³/mol. The maximum Gasteiger partial charge on any atom is 0.276 e. The molecule has 0 saturated carbocycles. The number of nitrogens with zero attached hydrogens (tertiary/aromatic N) is 1. The second kappa shape index (κ2) is 10.6. The molecular weight excluding hydrogens is 430 g/mol. The van der Waals surface area contributed by atoms with Gasteiger partial charge in [0.2, 0.25) is 15.9 Å². The van der Waals surface area contributed by atoms with Gasteiger partial charge in [0.15, 0.2) is 6.61 Å². The van der Waals surface area contributed by atoms with Crippen LogP contribution in [0.25, 0.3) is 0 Å². The molecule has 1 fully saturated rings. The third kappa shape index (κ3) is 6.54. The monoisotopic (exact) mass is 459 g/mol. The van der Waals surface area contributed by atoms with Crippen molar-refractivity contribution in [2.45, 2.75) is 32.4 Å². The Bertz CT molecular complexity index is 1050. The van der Waals surface area contributed by atoms with Crippen molar-refractivity contribution in [2.24, 2.45) is 5.92 Å². The van der Waals surface area contributed by atoms with Gasteiger partial charge in [0.25, 0.3) is 5.91 Å². The first-order valence-electron chi connectivity index (χ1n) is 10.5. The lowest BCUT2D eigenvalue weighted by Crippen LogP contribution is -2.49. The Hall–Kier alpha value is -2.91. The lowest BCUT2D eigenvalue weighted by molar-refractivity contribution is -0.132. The van der Waals surface area contributed by atoms with Gasteiger partial charge in [0, 0.05) is 19.0 Å². The smallest absolute Gasteiger partial charge is 0.276 e. The fourth-order valence-electron chi connectivity index (χ4n) is 3.49. The van der Waals surface area contributed by atoms with Crippen LogP contribution in [0.1, 0.15) is 29.5 Å². The van der Waals surface area contributed by atoms with Gasteiger partial charge in [-0.1, -0.05) is 36.4 Å². The zero-order valence-electron chi connectivity index (χ0n) is 18.3. The summed E-state index contributed by atoms with van der Waals surface area (Å²) in [6.07, 6.45) is 0.795. The van der Waals surface area contributed by atoms with E-state index in [4.69, 9.17) is 4.74 Å². The Morgan fingerprint density at radius 3 is 2.34 bits per heavy atom. The van der Waals surface area contributed by atoms with Crippen LogP contribution in [0.2, 0.25) is 0 Å². The number of sulfonamides is 1. The number of nitrogens with one attached hydrogen (secondary N) is 2. The highest BCUT2D eigenvalue weighted by atomic mass is 32.2. The van der Waals surface area contributed by atoms with Crippen molar-refractivity contribution in [1.29, 1.82) is 0 Å². The molecule has 0 radical (unpaired) electrons. The highest BCUT2D eigenvalue weighted by Gasteiger charge is 2.31. The summed E-state index contributed by atoms with van der Waals surface area (Å²) in [6.45, 7) is 4.28. The molecular formula is C23H29N3O5S. The number of ether oxygens (including phenoxy) is 1. The van der Waals surface area contributed by atoms with Crippen molar-refractivity contribution in [1.82, 2.24) is 15.2 Å². The number of hydrogen-bond acceptors (Lipinski definition) is 5. The van der Waals surface area contributed by atoms with Crippen LogP contribution in [0.4, 0.5) is 0 Å². The molecule has 1 saturated heterocycles. The zero-order valence-corrected chi connectivity index (χ0v) is 19.2. The Morgan fingerprint density at radius 1 is 1.00 bits per heavy atom. The van der Waals surface area contributed by atoms with Crippen molar-refractivity contribution in [3.63, 3.8) is 0 Å². The first-order chi connectivity index (χ1) is 15.2. The van der Waals surface area contributed by atoms with Gasteiger partial charge in [-0.3, -0.25) is 20.4 Å². The van der Waals surface area contributed by atoms with Gasteiger partial charge in [-0.2, -0.15) is 0 Å². The van der Waals surface area contributed by atoms with E-state index < -0.39 is 15.9 Å². The van der Waals surface area contributed by atoms with E-state index in [2.05, 4.69) is 10.9 Å². The predicted octanol–water partition coefficient (Wildman–Crippen LogP) is 2.07. The Morgan fingerprint density at radius 2 is 1.69 bits per heavy atom. The minimum absolute atomic E-state index is 0.0543. The number of hydrogen-bond donors (Lipinski definition) is 2. The molecule has 1 heterocycles. The first-order valence-corrected chi connectivity index (χ1v) is 12.2. The van der Waals surface area contributed by atoms with Gasteiger partial charge >= 0.3 is 0 Å². The van der Waals surface area contributed by atoms with Crippen LogP contribution in [-0.2, 0) is 25.4 Å². The number of hydrazine groups is 1. The summed E-state index contributed by atoms with van der Waals surface area (Å²) in [5, 5.41) is 0. The van der Waals surface area contributed by atoms with E-state index in [0.29, 0.717) is 18.6 Å². The number of benzene rings is 2. The number of aryl methyl sites for hydroxylation is 2. The molecule has 9 heteroatoms. The summed E-state index contributed by atoms with van der Waals surface area (Å²) in [5.41, 5.74) is 7.70. The normalized spacial score (nSPS) is 15.2. The Kier molecular flexibility index (Phi) is 7.87. The lowest BCUT2D eigenvalue weighted by Gasteiger charge is -2.30. The number of carbonyl (C=O) groups is 2. The lowest BCUT2D eigenvalue weighted by atomic mass is 9.98. The maximum absolute atomic E-state index is 12.6. The molecule has 1 aliphatic heterocycles. The molecule has 8 nitrogen and oxygen atoms in total. The second-order valence-electron chi connectivity index (χ2n) is 7.99. The summed E-state index contributed by atoms with van der Waals surface area (Å²) < 4.78 is 32.1. The van der Waals surface area contributed by atoms with Crippen LogP contribution >= 0.6 is 0 Å². The topological polar surface area (TPSA) is 105 Å². The summed E-state index contributed by atoms with van der Waals surface area (Å²) in [4.78, 5) is 24.3. The quantitative estimate of drug-likeness (QED) is 0.617. The van der Waals surface area contributed by atoms with E-state index in [1.807, 2.05) is 44.2 Å². The molecule has 2 N–H and O–H groups in total. The summed E-state index contributed by atoms with van der Waals surface area (Å²) >= 11 is 0. The average molecular weight is 460 g/mol. The third-order valence-corrected chi connectivity index (χ3v) is 7.43. The summed E-state index contributed by atoms with van der Waals surface area (Å²) in [7, 11) is -3.44. The zero-order chi connectivity index (χ0) is 23.1. The number of piperidine rings is 1. The minimum Gasteiger partial charge on any atom is -0.484 e. The molecule has 32 heavy (non-hydrogen) atoms. The molecule has 0 unspecified atom stereocenters. The van der Waals surface area contributed by atoms with Crippen molar-refractivity contribution >= 4 is 21.8 Å². The van der Waals surface area contributed by atoms with Gasteiger partial charge < -0.3 is 4.74 Å². The fraction of sp³-hybridized carbons (Fsp3) is 0.391.